The molecule has 0 radical (unpaired) electrons. The first-order valence-electron chi connectivity index (χ1n) is 3.71. The van der Waals surface area contributed by atoms with E-state index in [1.54, 1.807) is 0 Å². The molecule has 0 aromatic rings. The molecule has 0 unspecified atom stereocenters. The molecule has 66 valence electrons. The van der Waals surface area contributed by atoms with Gasteiger partial charge in [0.2, 0.25) is 0 Å². The molecule has 1 aliphatic carbocycles. The van der Waals surface area contributed by atoms with Crippen molar-refractivity contribution in [1.29, 1.82) is 0 Å². The predicted octanol–water partition coefficient (Wildman–Crippen LogP) is 3.35. The molecule has 0 heterocycles. The van der Waals surface area contributed by atoms with Crippen LogP contribution in [0.1, 0.15) is 25.7 Å². The van der Waals surface area contributed by atoms with Gasteiger partial charge in [-0.3, -0.25) is 0 Å². The molecular weight excluding hydrogens is 177 g/mol. The maximum Gasteiger partial charge on any atom is 0.391 e. The Hall–Kier alpha value is 0.0800. The molecule has 0 atom stereocenters. The summed E-state index contributed by atoms with van der Waals surface area (Å²) in [4.78, 5) is 0. The summed E-state index contributed by atoms with van der Waals surface area (Å²) in [6, 6.07) is 0. The fourth-order valence-electron chi connectivity index (χ4n) is 1.38. The molecule has 11 heavy (non-hydrogen) atoms. The van der Waals surface area contributed by atoms with E-state index < -0.39 is 12.1 Å². The Morgan fingerprint density at radius 1 is 1.00 bits per heavy atom. The molecule has 1 saturated carbocycles. The van der Waals surface area contributed by atoms with E-state index in [1.807, 2.05) is 0 Å². The molecular formula is C7H10ClF3. The van der Waals surface area contributed by atoms with Gasteiger partial charge in [-0.1, -0.05) is 0 Å². The normalized spacial score (nSPS) is 33.8. The molecule has 1 rings (SSSR count). The molecule has 0 aliphatic heterocycles. The zero-order chi connectivity index (χ0) is 8.48. The number of alkyl halides is 4. The van der Waals surface area contributed by atoms with Crippen molar-refractivity contribution in [2.75, 3.05) is 0 Å². The number of rotatable bonds is 0. The highest BCUT2D eigenvalue weighted by Gasteiger charge is 2.40. The third-order valence-electron chi connectivity index (χ3n) is 2.12. The second-order valence-electron chi connectivity index (χ2n) is 2.99. The van der Waals surface area contributed by atoms with Crippen molar-refractivity contribution in [3.63, 3.8) is 0 Å². The van der Waals surface area contributed by atoms with Crippen LogP contribution in [0.2, 0.25) is 0 Å². The quantitative estimate of drug-likeness (QED) is 0.509. The van der Waals surface area contributed by atoms with Gasteiger partial charge in [0.15, 0.2) is 0 Å². The summed E-state index contributed by atoms with van der Waals surface area (Å²) < 4.78 is 36.1. The van der Waals surface area contributed by atoms with E-state index in [4.69, 9.17) is 11.6 Å². The highest BCUT2D eigenvalue weighted by molar-refractivity contribution is 6.20. The van der Waals surface area contributed by atoms with Gasteiger partial charge in [0.25, 0.3) is 0 Å². The summed E-state index contributed by atoms with van der Waals surface area (Å²) in [5.74, 6) is -1.10. The minimum Gasteiger partial charge on any atom is -0.171 e. The Labute approximate surface area is 68.7 Å². The zero-order valence-electron chi connectivity index (χ0n) is 5.99. The smallest absolute Gasteiger partial charge is 0.171 e. The summed E-state index contributed by atoms with van der Waals surface area (Å²) in [6.07, 6.45) is -2.58. The standard InChI is InChI=1S/C7H10ClF3/c8-6-3-1-5(2-4-6)7(9,10)11/h5-6H,1-4H2. The number of hydrogen-bond donors (Lipinski definition) is 0. The minimum absolute atomic E-state index is 0.0337. The Kier molecular flexibility index (Phi) is 2.68. The van der Waals surface area contributed by atoms with E-state index in [2.05, 4.69) is 0 Å². The molecule has 1 fully saturated rings. The molecule has 0 aromatic heterocycles. The van der Waals surface area contributed by atoms with E-state index in [-0.39, 0.29) is 18.2 Å². The van der Waals surface area contributed by atoms with Crippen LogP contribution in [-0.4, -0.2) is 11.6 Å². The Balaban J connectivity index is 2.39. The fraction of sp³-hybridized carbons (Fsp3) is 1.00. The Bertz CT molecular complexity index is 124. The highest BCUT2D eigenvalue weighted by Crippen LogP contribution is 2.38. The highest BCUT2D eigenvalue weighted by atomic mass is 35.5. The first-order chi connectivity index (χ1) is 5.00. The van der Waals surface area contributed by atoms with E-state index in [1.165, 1.54) is 0 Å². The van der Waals surface area contributed by atoms with Gasteiger partial charge < -0.3 is 0 Å². The average Bonchev–Trinajstić information content (AvgIpc) is 1.86. The molecule has 4 heteroatoms. The van der Waals surface area contributed by atoms with Gasteiger partial charge in [0.05, 0.1) is 5.92 Å². The Morgan fingerprint density at radius 3 is 1.82 bits per heavy atom. The molecule has 0 aromatic carbocycles. The van der Waals surface area contributed by atoms with Crippen LogP contribution in [0.3, 0.4) is 0 Å². The maximum absolute atomic E-state index is 12.0. The van der Waals surface area contributed by atoms with Crippen LogP contribution < -0.4 is 0 Å². The lowest BCUT2D eigenvalue weighted by Gasteiger charge is -2.26. The van der Waals surface area contributed by atoms with Crippen molar-refractivity contribution in [3.05, 3.63) is 0 Å². The number of halogens is 4. The summed E-state index contributed by atoms with van der Waals surface area (Å²) in [5.41, 5.74) is 0. The summed E-state index contributed by atoms with van der Waals surface area (Å²) in [5, 5.41) is -0.0337. The molecule has 0 bridgehead atoms. The predicted molar refractivity (Wildman–Crippen MR) is 37.7 cm³/mol. The van der Waals surface area contributed by atoms with Crippen LogP contribution in [0.4, 0.5) is 13.2 Å². The van der Waals surface area contributed by atoms with E-state index >= 15 is 0 Å². The first kappa shape index (κ1) is 9.17. The lowest BCUT2D eigenvalue weighted by atomic mass is 9.88. The van der Waals surface area contributed by atoms with E-state index in [9.17, 15) is 13.2 Å². The van der Waals surface area contributed by atoms with Gasteiger partial charge in [-0.15, -0.1) is 11.6 Å². The van der Waals surface area contributed by atoms with Crippen LogP contribution in [0.5, 0.6) is 0 Å². The van der Waals surface area contributed by atoms with Crippen molar-refractivity contribution >= 4 is 11.6 Å². The third kappa shape index (κ3) is 2.55. The molecule has 0 N–H and O–H groups in total. The molecule has 0 nitrogen and oxygen atoms in total. The van der Waals surface area contributed by atoms with Crippen molar-refractivity contribution in [2.24, 2.45) is 5.92 Å². The SMILES string of the molecule is FC(F)(F)C1CCC(Cl)CC1. The third-order valence-corrected chi connectivity index (χ3v) is 2.56. The molecule has 0 amide bonds. The van der Waals surface area contributed by atoms with Crippen molar-refractivity contribution in [1.82, 2.24) is 0 Å². The van der Waals surface area contributed by atoms with Crippen LogP contribution in [0, 0.1) is 5.92 Å². The number of hydrogen-bond acceptors (Lipinski definition) is 0. The Morgan fingerprint density at radius 2 is 1.45 bits per heavy atom. The van der Waals surface area contributed by atoms with Crippen molar-refractivity contribution in [3.8, 4) is 0 Å². The second-order valence-corrected chi connectivity index (χ2v) is 3.61. The fourth-order valence-corrected chi connectivity index (χ4v) is 1.63. The van der Waals surface area contributed by atoms with Gasteiger partial charge in [-0.05, 0) is 25.7 Å². The van der Waals surface area contributed by atoms with Gasteiger partial charge >= 0.3 is 6.18 Å². The first-order valence-corrected chi connectivity index (χ1v) is 4.14. The molecule has 1 aliphatic rings. The minimum atomic E-state index is -4.00. The maximum atomic E-state index is 12.0. The monoisotopic (exact) mass is 186 g/mol. The second kappa shape index (κ2) is 3.21. The van der Waals surface area contributed by atoms with Crippen molar-refractivity contribution in [2.45, 2.75) is 37.2 Å². The average molecular weight is 187 g/mol. The van der Waals surface area contributed by atoms with Crippen LogP contribution in [0.25, 0.3) is 0 Å². The topological polar surface area (TPSA) is 0 Å². The summed E-state index contributed by atoms with van der Waals surface area (Å²) in [6.45, 7) is 0. The molecule has 0 saturated heterocycles. The zero-order valence-corrected chi connectivity index (χ0v) is 6.75. The van der Waals surface area contributed by atoms with Crippen LogP contribution >= 0.6 is 11.6 Å². The summed E-state index contributed by atoms with van der Waals surface area (Å²) >= 11 is 5.66. The van der Waals surface area contributed by atoms with Crippen molar-refractivity contribution < 1.29 is 13.2 Å². The van der Waals surface area contributed by atoms with Crippen LogP contribution in [0.15, 0.2) is 0 Å². The largest absolute Gasteiger partial charge is 0.391 e. The van der Waals surface area contributed by atoms with Gasteiger partial charge in [0, 0.05) is 5.38 Å². The van der Waals surface area contributed by atoms with Gasteiger partial charge in [0.1, 0.15) is 0 Å². The lowest BCUT2D eigenvalue weighted by Crippen LogP contribution is -2.27. The van der Waals surface area contributed by atoms with Gasteiger partial charge in [-0.2, -0.15) is 13.2 Å². The van der Waals surface area contributed by atoms with E-state index in [0.29, 0.717) is 12.8 Å². The van der Waals surface area contributed by atoms with Crippen LogP contribution in [-0.2, 0) is 0 Å². The lowest BCUT2D eigenvalue weighted by molar-refractivity contribution is -0.181. The molecule has 0 spiro atoms. The van der Waals surface area contributed by atoms with Gasteiger partial charge in [-0.25, -0.2) is 0 Å². The summed E-state index contributed by atoms with van der Waals surface area (Å²) in [7, 11) is 0. The van der Waals surface area contributed by atoms with E-state index in [0.717, 1.165) is 0 Å².